The Bertz CT molecular complexity index is 643. The number of carboxylic acids is 1. The minimum Gasteiger partial charge on any atom is -0.478 e. The summed E-state index contributed by atoms with van der Waals surface area (Å²) in [6, 6.07) is 4.02. The van der Waals surface area contributed by atoms with Crippen LogP contribution in [-0.2, 0) is 0 Å². The first-order valence-electron chi connectivity index (χ1n) is 5.54. The summed E-state index contributed by atoms with van der Waals surface area (Å²) < 4.78 is 41.1. The average Bonchev–Trinajstić information content (AvgIpc) is 2.36. The summed E-state index contributed by atoms with van der Waals surface area (Å²) in [6.45, 7) is -0.559. The van der Waals surface area contributed by atoms with Gasteiger partial charge in [-0.3, -0.25) is 0 Å². The summed E-state index contributed by atoms with van der Waals surface area (Å²) in [5, 5.41) is 9.21. The Labute approximate surface area is 111 Å². The van der Waals surface area contributed by atoms with Crippen LogP contribution in [0, 0.1) is 0 Å². The maximum atomic E-state index is 12.0. The minimum atomic E-state index is -4.31. The SMILES string of the molecule is O=C(O)c1ccc2c(OCCC(F)(F)F)ncnc2c1. The Balaban J connectivity index is 2.24. The average molecular weight is 286 g/mol. The Hall–Kier alpha value is -2.38. The van der Waals surface area contributed by atoms with Crippen LogP contribution in [0.3, 0.4) is 0 Å². The molecule has 1 aromatic heterocycles. The van der Waals surface area contributed by atoms with Gasteiger partial charge >= 0.3 is 12.1 Å². The molecule has 5 nitrogen and oxygen atoms in total. The van der Waals surface area contributed by atoms with Crippen molar-refractivity contribution < 1.29 is 27.8 Å². The molecule has 0 saturated carbocycles. The molecule has 0 unspecified atom stereocenters. The second-order valence-electron chi connectivity index (χ2n) is 3.93. The van der Waals surface area contributed by atoms with Gasteiger partial charge in [-0.2, -0.15) is 13.2 Å². The molecule has 2 aromatic rings. The highest BCUT2D eigenvalue weighted by atomic mass is 19.4. The lowest BCUT2D eigenvalue weighted by Gasteiger charge is -2.09. The summed E-state index contributed by atoms with van der Waals surface area (Å²) in [7, 11) is 0. The van der Waals surface area contributed by atoms with Crippen molar-refractivity contribution in [2.24, 2.45) is 0 Å². The number of fused-ring (bicyclic) bond motifs is 1. The maximum absolute atomic E-state index is 12.0. The molecule has 0 aliphatic rings. The third kappa shape index (κ3) is 3.34. The van der Waals surface area contributed by atoms with E-state index in [4.69, 9.17) is 9.84 Å². The van der Waals surface area contributed by atoms with E-state index >= 15 is 0 Å². The van der Waals surface area contributed by atoms with Crippen LogP contribution in [0.25, 0.3) is 10.9 Å². The lowest BCUT2D eigenvalue weighted by atomic mass is 10.1. The van der Waals surface area contributed by atoms with Crippen molar-refractivity contribution in [1.29, 1.82) is 0 Å². The third-order valence-electron chi connectivity index (χ3n) is 2.47. The monoisotopic (exact) mass is 286 g/mol. The summed E-state index contributed by atoms with van der Waals surface area (Å²) in [5.41, 5.74) is 0.319. The number of nitrogens with zero attached hydrogens (tertiary/aromatic N) is 2. The Morgan fingerprint density at radius 3 is 2.70 bits per heavy atom. The first-order chi connectivity index (χ1) is 9.37. The second-order valence-corrected chi connectivity index (χ2v) is 3.93. The fourth-order valence-corrected chi connectivity index (χ4v) is 1.54. The van der Waals surface area contributed by atoms with Crippen LogP contribution in [0.2, 0.25) is 0 Å². The lowest BCUT2D eigenvalue weighted by molar-refractivity contribution is -0.139. The normalized spacial score (nSPS) is 11.6. The highest BCUT2D eigenvalue weighted by Crippen LogP contribution is 2.24. The predicted molar refractivity (Wildman–Crippen MR) is 62.7 cm³/mol. The number of benzene rings is 1. The first kappa shape index (κ1) is 14.0. The van der Waals surface area contributed by atoms with Gasteiger partial charge < -0.3 is 9.84 Å². The minimum absolute atomic E-state index is 0.00353. The van der Waals surface area contributed by atoms with E-state index in [1.54, 1.807) is 0 Å². The highest BCUT2D eigenvalue weighted by Gasteiger charge is 2.27. The molecule has 0 fully saturated rings. The lowest BCUT2D eigenvalue weighted by Crippen LogP contribution is -2.13. The molecule has 0 amide bonds. The molecule has 0 saturated heterocycles. The quantitative estimate of drug-likeness (QED) is 0.935. The molecule has 1 heterocycles. The number of alkyl halides is 3. The molecule has 2 rings (SSSR count). The maximum Gasteiger partial charge on any atom is 0.392 e. The molecular formula is C12H9F3N2O3. The smallest absolute Gasteiger partial charge is 0.392 e. The second kappa shape index (κ2) is 5.32. The zero-order chi connectivity index (χ0) is 14.8. The van der Waals surface area contributed by atoms with E-state index in [9.17, 15) is 18.0 Å². The fraction of sp³-hybridized carbons (Fsp3) is 0.250. The van der Waals surface area contributed by atoms with E-state index in [0.29, 0.717) is 10.9 Å². The van der Waals surface area contributed by atoms with Crippen LogP contribution >= 0.6 is 0 Å². The first-order valence-corrected chi connectivity index (χ1v) is 5.54. The van der Waals surface area contributed by atoms with E-state index in [1.807, 2.05) is 0 Å². The number of aromatic carboxylic acids is 1. The van der Waals surface area contributed by atoms with Gasteiger partial charge in [-0.15, -0.1) is 0 Å². The molecule has 0 aliphatic carbocycles. The third-order valence-corrected chi connectivity index (χ3v) is 2.47. The number of aromatic nitrogens is 2. The standard InChI is InChI=1S/C12H9F3N2O3/c13-12(14,15)3-4-20-10-8-2-1-7(11(18)19)5-9(8)16-6-17-10/h1-2,5-6H,3-4H2,(H,18,19). The van der Waals surface area contributed by atoms with Crippen LogP contribution in [0.15, 0.2) is 24.5 Å². The van der Waals surface area contributed by atoms with Crippen molar-refractivity contribution in [3.05, 3.63) is 30.1 Å². The molecule has 20 heavy (non-hydrogen) atoms. The molecule has 1 N–H and O–H groups in total. The van der Waals surface area contributed by atoms with Gasteiger partial charge in [0, 0.05) is 0 Å². The Kier molecular flexibility index (Phi) is 3.73. The van der Waals surface area contributed by atoms with E-state index in [1.165, 1.54) is 18.2 Å². The fourth-order valence-electron chi connectivity index (χ4n) is 1.54. The molecule has 8 heteroatoms. The van der Waals surface area contributed by atoms with Crippen LogP contribution < -0.4 is 4.74 Å². The van der Waals surface area contributed by atoms with Gasteiger partial charge in [0.1, 0.15) is 6.33 Å². The summed E-state index contributed by atoms with van der Waals surface area (Å²) in [6.07, 6.45) is -4.29. The number of hydrogen-bond acceptors (Lipinski definition) is 4. The van der Waals surface area contributed by atoms with Crippen molar-refractivity contribution in [3.63, 3.8) is 0 Å². The Morgan fingerprint density at radius 2 is 2.05 bits per heavy atom. The van der Waals surface area contributed by atoms with Gasteiger partial charge in [0.2, 0.25) is 5.88 Å². The van der Waals surface area contributed by atoms with Gasteiger partial charge in [0.15, 0.2) is 0 Å². The van der Waals surface area contributed by atoms with Crippen molar-refractivity contribution >= 4 is 16.9 Å². The molecule has 0 aliphatic heterocycles. The number of ether oxygens (including phenoxy) is 1. The zero-order valence-electron chi connectivity index (χ0n) is 10.0. The van der Waals surface area contributed by atoms with E-state index in [2.05, 4.69) is 9.97 Å². The zero-order valence-corrected chi connectivity index (χ0v) is 10.0. The molecule has 0 bridgehead atoms. The van der Waals surface area contributed by atoms with Crippen molar-refractivity contribution in [2.45, 2.75) is 12.6 Å². The van der Waals surface area contributed by atoms with Crippen molar-refractivity contribution in [2.75, 3.05) is 6.61 Å². The van der Waals surface area contributed by atoms with Crippen LogP contribution in [-0.4, -0.2) is 33.8 Å². The predicted octanol–water partition coefficient (Wildman–Crippen LogP) is 2.66. The van der Waals surface area contributed by atoms with Gasteiger partial charge in [-0.25, -0.2) is 14.8 Å². The summed E-state index contributed by atoms with van der Waals surface area (Å²) in [5.74, 6) is -1.12. The molecule has 1 aromatic carbocycles. The van der Waals surface area contributed by atoms with Crippen molar-refractivity contribution in [3.8, 4) is 5.88 Å². The highest BCUT2D eigenvalue weighted by molar-refractivity contribution is 5.94. The molecule has 0 radical (unpaired) electrons. The molecule has 106 valence electrons. The van der Waals surface area contributed by atoms with Crippen LogP contribution in [0.1, 0.15) is 16.8 Å². The van der Waals surface area contributed by atoms with Crippen molar-refractivity contribution in [1.82, 2.24) is 9.97 Å². The van der Waals surface area contributed by atoms with Gasteiger partial charge in [-0.1, -0.05) is 0 Å². The van der Waals surface area contributed by atoms with E-state index in [-0.39, 0.29) is 11.4 Å². The summed E-state index contributed by atoms with van der Waals surface area (Å²) in [4.78, 5) is 18.4. The topological polar surface area (TPSA) is 72.3 Å². The van der Waals surface area contributed by atoms with Crippen LogP contribution in [0.4, 0.5) is 13.2 Å². The molecular weight excluding hydrogens is 277 g/mol. The largest absolute Gasteiger partial charge is 0.478 e. The van der Waals surface area contributed by atoms with E-state index in [0.717, 1.165) is 6.33 Å². The number of halogens is 3. The van der Waals surface area contributed by atoms with Crippen LogP contribution in [0.5, 0.6) is 5.88 Å². The summed E-state index contributed by atoms with van der Waals surface area (Å²) >= 11 is 0. The number of carbonyl (C=O) groups is 1. The number of rotatable bonds is 4. The van der Waals surface area contributed by atoms with Gasteiger partial charge in [-0.05, 0) is 18.2 Å². The van der Waals surface area contributed by atoms with E-state index < -0.39 is 25.2 Å². The van der Waals surface area contributed by atoms with Gasteiger partial charge in [0.05, 0.1) is 29.5 Å². The number of carboxylic acid groups (broad SMARTS) is 1. The Morgan fingerprint density at radius 1 is 1.30 bits per heavy atom. The van der Waals surface area contributed by atoms with Gasteiger partial charge in [0.25, 0.3) is 0 Å². The molecule has 0 spiro atoms. The number of hydrogen-bond donors (Lipinski definition) is 1. The molecule has 0 atom stereocenters.